The number of amides is 2. The molecule has 0 spiro atoms. The first-order valence-electron chi connectivity index (χ1n) is 12.1. The zero-order valence-electron chi connectivity index (χ0n) is 20.6. The second kappa shape index (κ2) is 12.1. The summed E-state index contributed by atoms with van der Waals surface area (Å²) in [5.74, 6) is 0.866. The number of carbonyl (C=O) groups is 2. The van der Waals surface area contributed by atoms with E-state index in [1.54, 1.807) is 37.6 Å². The summed E-state index contributed by atoms with van der Waals surface area (Å²) in [5, 5.41) is 5.39. The van der Waals surface area contributed by atoms with Gasteiger partial charge in [-0.2, -0.15) is 0 Å². The number of nitrogens with one attached hydrogen (secondary N) is 2. The van der Waals surface area contributed by atoms with Gasteiger partial charge in [-0.25, -0.2) is 0 Å². The van der Waals surface area contributed by atoms with Crippen molar-refractivity contribution in [3.05, 3.63) is 72.7 Å². The van der Waals surface area contributed by atoms with Crippen molar-refractivity contribution in [3.8, 4) is 11.5 Å². The normalized spacial score (nSPS) is 14.7. The van der Waals surface area contributed by atoms with Crippen LogP contribution in [0.5, 0.6) is 11.5 Å². The van der Waals surface area contributed by atoms with Crippen LogP contribution in [0.15, 0.2) is 71.3 Å². The average Bonchev–Trinajstić information content (AvgIpc) is 3.45. The van der Waals surface area contributed by atoms with E-state index < -0.39 is 11.8 Å². The minimum Gasteiger partial charge on any atom is -0.497 e. The molecule has 1 saturated heterocycles. The van der Waals surface area contributed by atoms with Crippen molar-refractivity contribution in [3.63, 3.8) is 0 Å². The monoisotopic (exact) mass is 492 g/mol. The number of carbonyl (C=O) groups excluding carboxylic acids is 2. The number of anilines is 2. The highest BCUT2D eigenvalue weighted by Gasteiger charge is 2.28. The number of nitrogens with zero attached hydrogens (tertiary/aromatic N) is 2. The Kier molecular flexibility index (Phi) is 8.46. The number of rotatable bonds is 9. The van der Waals surface area contributed by atoms with E-state index in [4.69, 9.17) is 13.9 Å². The van der Waals surface area contributed by atoms with Crippen molar-refractivity contribution in [2.75, 3.05) is 56.7 Å². The van der Waals surface area contributed by atoms with E-state index in [0.29, 0.717) is 18.0 Å². The first-order chi connectivity index (χ1) is 17.6. The van der Waals surface area contributed by atoms with Crippen LogP contribution >= 0.6 is 0 Å². The molecule has 2 aromatic carbocycles. The highest BCUT2D eigenvalue weighted by atomic mass is 16.5. The maximum absolute atomic E-state index is 12.5. The summed E-state index contributed by atoms with van der Waals surface area (Å²) >= 11 is 0. The number of ether oxygens (including phenoxy) is 2. The van der Waals surface area contributed by atoms with Crippen LogP contribution in [0.25, 0.3) is 0 Å². The molecule has 1 aliphatic rings. The predicted molar refractivity (Wildman–Crippen MR) is 137 cm³/mol. The lowest BCUT2D eigenvalue weighted by Gasteiger charge is -2.39. The molecule has 0 saturated carbocycles. The van der Waals surface area contributed by atoms with Gasteiger partial charge in [0.2, 0.25) is 0 Å². The Morgan fingerprint density at radius 3 is 2.25 bits per heavy atom. The molecular weight excluding hydrogens is 460 g/mol. The van der Waals surface area contributed by atoms with Gasteiger partial charge in [0.1, 0.15) is 17.3 Å². The van der Waals surface area contributed by atoms with Crippen molar-refractivity contribution >= 4 is 23.2 Å². The molecule has 190 valence electrons. The van der Waals surface area contributed by atoms with Crippen LogP contribution in [0.3, 0.4) is 0 Å². The maximum atomic E-state index is 12.5. The summed E-state index contributed by atoms with van der Waals surface area (Å²) in [6.07, 6.45) is 1.62. The summed E-state index contributed by atoms with van der Waals surface area (Å²) in [6, 6.07) is 18.5. The van der Waals surface area contributed by atoms with Gasteiger partial charge in [0, 0.05) is 44.1 Å². The van der Waals surface area contributed by atoms with Crippen LogP contribution in [0.2, 0.25) is 0 Å². The number of hydrogen-bond acceptors (Lipinski definition) is 7. The van der Waals surface area contributed by atoms with Crippen molar-refractivity contribution in [1.82, 2.24) is 10.2 Å². The zero-order chi connectivity index (χ0) is 25.3. The van der Waals surface area contributed by atoms with Crippen LogP contribution in [-0.4, -0.2) is 63.2 Å². The number of methoxy groups -OCH3 is 1. The molecule has 1 atom stereocenters. The average molecular weight is 493 g/mol. The van der Waals surface area contributed by atoms with Gasteiger partial charge in [-0.15, -0.1) is 0 Å². The molecule has 0 aliphatic carbocycles. The molecule has 0 bridgehead atoms. The molecule has 2 amide bonds. The van der Waals surface area contributed by atoms with Gasteiger partial charge in [0.05, 0.1) is 26.0 Å². The largest absolute Gasteiger partial charge is 0.497 e. The fourth-order valence-corrected chi connectivity index (χ4v) is 4.23. The summed E-state index contributed by atoms with van der Waals surface area (Å²) in [4.78, 5) is 29.6. The Bertz CT molecular complexity index is 1110. The summed E-state index contributed by atoms with van der Waals surface area (Å²) < 4.78 is 16.3. The van der Waals surface area contributed by atoms with E-state index in [0.717, 1.165) is 43.4 Å². The molecule has 1 aromatic heterocycles. The van der Waals surface area contributed by atoms with E-state index in [1.165, 1.54) is 0 Å². The third-order valence-electron chi connectivity index (χ3n) is 6.15. The van der Waals surface area contributed by atoms with E-state index >= 15 is 0 Å². The number of piperazine rings is 1. The van der Waals surface area contributed by atoms with E-state index in [2.05, 4.69) is 32.6 Å². The van der Waals surface area contributed by atoms with Crippen molar-refractivity contribution in [2.24, 2.45) is 0 Å². The van der Waals surface area contributed by atoms with E-state index in [-0.39, 0.29) is 12.6 Å². The fourth-order valence-electron chi connectivity index (χ4n) is 4.23. The van der Waals surface area contributed by atoms with Gasteiger partial charge < -0.3 is 29.4 Å². The summed E-state index contributed by atoms with van der Waals surface area (Å²) in [7, 11) is 1.66. The van der Waals surface area contributed by atoms with E-state index in [9.17, 15) is 9.59 Å². The Morgan fingerprint density at radius 2 is 1.64 bits per heavy atom. The zero-order valence-corrected chi connectivity index (χ0v) is 20.6. The van der Waals surface area contributed by atoms with Gasteiger partial charge >= 0.3 is 11.8 Å². The smallest absolute Gasteiger partial charge is 0.313 e. The molecule has 1 aliphatic heterocycles. The lowest BCUT2D eigenvalue weighted by molar-refractivity contribution is -0.136. The van der Waals surface area contributed by atoms with Gasteiger partial charge in [0.15, 0.2) is 0 Å². The maximum Gasteiger partial charge on any atom is 0.313 e. The SMILES string of the molecule is CCOc1ccc(NC(=O)C(=O)NCC(c2ccco2)N2CCN(c3ccc(OC)cc3)CC2)cc1. The number of furan rings is 1. The van der Waals surface area contributed by atoms with Gasteiger partial charge in [-0.3, -0.25) is 14.5 Å². The van der Waals surface area contributed by atoms with Crippen molar-refractivity contribution in [2.45, 2.75) is 13.0 Å². The minimum absolute atomic E-state index is 0.180. The van der Waals surface area contributed by atoms with Crippen LogP contribution < -0.4 is 25.0 Å². The second-order valence-corrected chi connectivity index (χ2v) is 8.37. The molecule has 9 heteroatoms. The molecule has 1 fully saturated rings. The number of benzene rings is 2. The summed E-state index contributed by atoms with van der Waals surface area (Å²) in [6.45, 7) is 5.94. The molecule has 36 heavy (non-hydrogen) atoms. The Hall–Kier alpha value is -3.98. The van der Waals surface area contributed by atoms with Crippen LogP contribution in [0.1, 0.15) is 18.7 Å². The van der Waals surface area contributed by atoms with Crippen LogP contribution in [0, 0.1) is 0 Å². The molecule has 9 nitrogen and oxygen atoms in total. The molecule has 1 unspecified atom stereocenters. The topological polar surface area (TPSA) is 96.3 Å². The second-order valence-electron chi connectivity index (χ2n) is 8.37. The Morgan fingerprint density at radius 1 is 0.944 bits per heavy atom. The first kappa shape index (κ1) is 25.1. The fraction of sp³-hybridized carbons (Fsp3) is 0.333. The Labute approximate surface area is 211 Å². The van der Waals surface area contributed by atoms with Gasteiger partial charge in [0.25, 0.3) is 0 Å². The molecular formula is C27H32N4O5. The highest BCUT2D eigenvalue weighted by Crippen LogP contribution is 2.25. The molecule has 0 radical (unpaired) electrons. The molecule has 3 aromatic rings. The van der Waals surface area contributed by atoms with E-state index in [1.807, 2.05) is 31.2 Å². The third-order valence-corrected chi connectivity index (χ3v) is 6.15. The van der Waals surface area contributed by atoms with Gasteiger partial charge in [-0.1, -0.05) is 0 Å². The molecule has 2 heterocycles. The minimum atomic E-state index is -0.721. The van der Waals surface area contributed by atoms with Crippen molar-refractivity contribution in [1.29, 1.82) is 0 Å². The lowest BCUT2D eigenvalue weighted by Crippen LogP contribution is -2.50. The Balaban J connectivity index is 1.32. The molecule has 4 rings (SSSR count). The quantitative estimate of drug-likeness (QED) is 0.443. The molecule has 2 N–H and O–H groups in total. The lowest BCUT2D eigenvalue weighted by atomic mass is 10.1. The van der Waals surface area contributed by atoms with Gasteiger partial charge in [-0.05, 0) is 67.6 Å². The summed E-state index contributed by atoms with van der Waals surface area (Å²) in [5.41, 5.74) is 1.67. The third kappa shape index (κ3) is 6.37. The number of hydrogen-bond donors (Lipinski definition) is 2. The van der Waals surface area contributed by atoms with Crippen LogP contribution in [-0.2, 0) is 9.59 Å². The predicted octanol–water partition coefficient (Wildman–Crippen LogP) is 3.31. The first-order valence-corrected chi connectivity index (χ1v) is 12.1. The van der Waals surface area contributed by atoms with Crippen molar-refractivity contribution < 1.29 is 23.5 Å². The standard InChI is InChI=1S/C27H32N4O5/c1-3-35-23-10-6-20(7-11-23)29-27(33)26(32)28-19-24(25-5-4-18-36-25)31-16-14-30(15-17-31)21-8-12-22(34-2)13-9-21/h4-13,18,24H,3,14-17,19H2,1-2H3,(H,28,32)(H,29,33). The van der Waals surface area contributed by atoms with Crippen LogP contribution in [0.4, 0.5) is 11.4 Å². The highest BCUT2D eigenvalue weighted by molar-refractivity contribution is 6.39.